The molecule has 0 aliphatic carbocycles. The minimum absolute atomic E-state index is 0.170. The van der Waals surface area contributed by atoms with E-state index in [2.05, 4.69) is 0 Å². The van der Waals surface area contributed by atoms with Crippen LogP contribution in [0.3, 0.4) is 0 Å². The minimum Gasteiger partial charge on any atom is -0.338 e. The molecule has 1 fully saturated rings. The van der Waals surface area contributed by atoms with Crippen molar-refractivity contribution in [2.75, 3.05) is 19.6 Å². The third-order valence-electron chi connectivity index (χ3n) is 2.87. The molecule has 82 valence electrons. The minimum atomic E-state index is 0.170. The summed E-state index contributed by atoms with van der Waals surface area (Å²) in [5, 5.41) is 1.94. The van der Waals surface area contributed by atoms with Crippen molar-refractivity contribution in [1.29, 1.82) is 0 Å². The number of carbonyl (C=O) groups is 1. The van der Waals surface area contributed by atoms with Crippen LogP contribution in [0.25, 0.3) is 0 Å². The quantitative estimate of drug-likeness (QED) is 0.828. The third-order valence-corrected chi connectivity index (χ3v) is 3.73. The molecule has 0 saturated carbocycles. The normalized spacial score (nSPS) is 21.7. The van der Waals surface area contributed by atoms with E-state index in [9.17, 15) is 4.79 Å². The molecule has 4 heteroatoms. The number of hydrogen-bond acceptors (Lipinski definition) is 3. The smallest absolute Gasteiger partial charge is 0.263 e. The molecule has 15 heavy (non-hydrogen) atoms. The van der Waals surface area contributed by atoms with Gasteiger partial charge in [-0.25, -0.2) is 0 Å². The Bertz CT molecular complexity index is 323. The summed E-state index contributed by atoms with van der Waals surface area (Å²) in [6.07, 6.45) is 2.24. The zero-order valence-electron chi connectivity index (χ0n) is 8.69. The maximum Gasteiger partial charge on any atom is 0.263 e. The molecule has 2 N–H and O–H groups in total. The van der Waals surface area contributed by atoms with Crippen molar-refractivity contribution in [2.45, 2.75) is 12.8 Å². The monoisotopic (exact) mass is 224 g/mol. The number of nitrogens with two attached hydrogens (primary N) is 1. The van der Waals surface area contributed by atoms with E-state index in [0.717, 1.165) is 30.8 Å². The third kappa shape index (κ3) is 2.38. The van der Waals surface area contributed by atoms with Crippen LogP contribution in [0.15, 0.2) is 17.5 Å². The molecule has 0 bridgehead atoms. The molecule has 1 amide bonds. The van der Waals surface area contributed by atoms with Gasteiger partial charge in [0, 0.05) is 13.1 Å². The topological polar surface area (TPSA) is 46.3 Å². The van der Waals surface area contributed by atoms with Gasteiger partial charge in [0.1, 0.15) is 0 Å². The van der Waals surface area contributed by atoms with Gasteiger partial charge in [-0.3, -0.25) is 4.79 Å². The van der Waals surface area contributed by atoms with Crippen molar-refractivity contribution in [2.24, 2.45) is 11.7 Å². The first-order valence-electron chi connectivity index (χ1n) is 5.34. The fourth-order valence-electron chi connectivity index (χ4n) is 2.00. The first kappa shape index (κ1) is 10.6. The number of piperidine rings is 1. The number of carbonyl (C=O) groups excluding carboxylic acids is 1. The fourth-order valence-corrected chi connectivity index (χ4v) is 2.69. The van der Waals surface area contributed by atoms with Crippen LogP contribution in [-0.4, -0.2) is 30.4 Å². The summed E-state index contributed by atoms with van der Waals surface area (Å²) in [7, 11) is 0. The van der Waals surface area contributed by atoms with Gasteiger partial charge in [-0.05, 0) is 36.8 Å². The Balaban J connectivity index is 2.01. The molecular weight excluding hydrogens is 208 g/mol. The van der Waals surface area contributed by atoms with Gasteiger partial charge in [-0.15, -0.1) is 11.3 Å². The average Bonchev–Trinajstić information content (AvgIpc) is 2.81. The standard InChI is InChI=1S/C11H16N2OS/c12-7-9-3-1-5-13(8-9)11(14)10-4-2-6-15-10/h2,4,6,9H,1,3,5,7-8,12H2/t9-/m0/s1. The van der Waals surface area contributed by atoms with E-state index in [1.165, 1.54) is 11.3 Å². The van der Waals surface area contributed by atoms with Gasteiger partial charge in [0.25, 0.3) is 5.91 Å². The highest BCUT2D eigenvalue weighted by atomic mass is 32.1. The van der Waals surface area contributed by atoms with E-state index in [1.54, 1.807) is 0 Å². The molecule has 2 rings (SSSR count). The molecule has 0 radical (unpaired) electrons. The zero-order valence-corrected chi connectivity index (χ0v) is 9.50. The van der Waals surface area contributed by atoms with Crippen LogP contribution in [0.1, 0.15) is 22.5 Å². The second-order valence-electron chi connectivity index (χ2n) is 3.97. The molecule has 1 atom stereocenters. The summed E-state index contributed by atoms with van der Waals surface area (Å²) in [4.78, 5) is 14.8. The Kier molecular flexibility index (Phi) is 3.38. The molecule has 1 aliphatic heterocycles. The summed E-state index contributed by atoms with van der Waals surface area (Å²) in [6.45, 7) is 2.40. The van der Waals surface area contributed by atoms with Crippen LogP contribution in [0.4, 0.5) is 0 Å². The summed E-state index contributed by atoms with van der Waals surface area (Å²) in [5.41, 5.74) is 5.65. The first-order valence-corrected chi connectivity index (χ1v) is 6.22. The largest absolute Gasteiger partial charge is 0.338 e. The second kappa shape index (κ2) is 4.77. The molecule has 0 aromatic carbocycles. The number of hydrogen-bond donors (Lipinski definition) is 1. The maximum atomic E-state index is 12.0. The van der Waals surface area contributed by atoms with Crippen LogP contribution in [0, 0.1) is 5.92 Å². The second-order valence-corrected chi connectivity index (χ2v) is 4.92. The number of thiophene rings is 1. The molecular formula is C11H16N2OS. The first-order chi connectivity index (χ1) is 7.31. The number of nitrogens with zero attached hydrogens (tertiary/aromatic N) is 1. The van der Waals surface area contributed by atoms with Crippen LogP contribution in [-0.2, 0) is 0 Å². The Hall–Kier alpha value is -0.870. The van der Waals surface area contributed by atoms with Gasteiger partial charge in [0.05, 0.1) is 4.88 Å². The predicted molar refractivity (Wildman–Crippen MR) is 62.0 cm³/mol. The van der Waals surface area contributed by atoms with E-state index < -0.39 is 0 Å². The Morgan fingerprint density at radius 1 is 1.67 bits per heavy atom. The summed E-state index contributed by atoms with van der Waals surface area (Å²) < 4.78 is 0. The molecule has 1 aromatic heterocycles. The summed E-state index contributed by atoms with van der Waals surface area (Å²) in [6, 6.07) is 3.81. The maximum absolute atomic E-state index is 12.0. The Labute approximate surface area is 93.9 Å². The van der Waals surface area contributed by atoms with Crippen molar-refractivity contribution in [3.8, 4) is 0 Å². The molecule has 3 nitrogen and oxygen atoms in total. The molecule has 1 aromatic rings. The van der Waals surface area contributed by atoms with E-state index in [1.807, 2.05) is 22.4 Å². The van der Waals surface area contributed by atoms with Crippen LogP contribution >= 0.6 is 11.3 Å². The summed E-state index contributed by atoms with van der Waals surface area (Å²) >= 11 is 1.51. The molecule has 0 spiro atoms. The zero-order chi connectivity index (χ0) is 10.7. The van der Waals surface area contributed by atoms with Crippen LogP contribution < -0.4 is 5.73 Å². The number of likely N-dealkylation sites (tertiary alicyclic amines) is 1. The van der Waals surface area contributed by atoms with Gasteiger partial charge in [-0.2, -0.15) is 0 Å². The van der Waals surface area contributed by atoms with E-state index in [0.29, 0.717) is 12.5 Å². The van der Waals surface area contributed by atoms with Gasteiger partial charge in [0.2, 0.25) is 0 Å². The number of rotatable bonds is 2. The van der Waals surface area contributed by atoms with Gasteiger partial charge in [-0.1, -0.05) is 6.07 Å². The molecule has 1 aliphatic rings. The van der Waals surface area contributed by atoms with Crippen molar-refractivity contribution < 1.29 is 4.79 Å². The average molecular weight is 224 g/mol. The van der Waals surface area contributed by atoms with Gasteiger partial charge in [0.15, 0.2) is 0 Å². The van der Waals surface area contributed by atoms with Crippen molar-refractivity contribution in [1.82, 2.24) is 4.90 Å². The van der Waals surface area contributed by atoms with E-state index in [-0.39, 0.29) is 5.91 Å². The fraction of sp³-hybridized carbons (Fsp3) is 0.545. The molecule has 2 heterocycles. The van der Waals surface area contributed by atoms with Crippen molar-refractivity contribution in [3.63, 3.8) is 0 Å². The lowest BCUT2D eigenvalue weighted by atomic mass is 9.98. The van der Waals surface area contributed by atoms with Crippen LogP contribution in [0.2, 0.25) is 0 Å². The highest BCUT2D eigenvalue weighted by Gasteiger charge is 2.23. The van der Waals surface area contributed by atoms with Gasteiger partial charge < -0.3 is 10.6 Å². The van der Waals surface area contributed by atoms with Crippen molar-refractivity contribution >= 4 is 17.2 Å². The Morgan fingerprint density at radius 2 is 2.53 bits per heavy atom. The predicted octanol–water partition coefficient (Wildman–Crippen LogP) is 1.56. The lowest BCUT2D eigenvalue weighted by Crippen LogP contribution is -2.41. The highest BCUT2D eigenvalue weighted by Crippen LogP contribution is 2.19. The number of amides is 1. The molecule has 1 saturated heterocycles. The van der Waals surface area contributed by atoms with Crippen LogP contribution in [0.5, 0.6) is 0 Å². The summed E-state index contributed by atoms with van der Waals surface area (Å²) in [5.74, 6) is 0.658. The highest BCUT2D eigenvalue weighted by molar-refractivity contribution is 7.12. The van der Waals surface area contributed by atoms with Gasteiger partial charge >= 0.3 is 0 Å². The van der Waals surface area contributed by atoms with E-state index in [4.69, 9.17) is 5.73 Å². The van der Waals surface area contributed by atoms with E-state index >= 15 is 0 Å². The lowest BCUT2D eigenvalue weighted by Gasteiger charge is -2.31. The molecule has 0 unspecified atom stereocenters. The van der Waals surface area contributed by atoms with Crippen molar-refractivity contribution in [3.05, 3.63) is 22.4 Å². The lowest BCUT2D eigenvalue weighted by molar-refractivity contribution is 0.0683. The SMILES string of the molecule is NC[C@@H]1CCCN(C(=O)c2cccs2)C1. The Morgan fingerprint density at radius 3 is 3.20 bits per heavy atom.